The zero-order valence-corrected chi connectivity index (χ0v) is 19.3. The normalized spacial score (nSPS) is 17.5. The maximum absolute atomic E-state index is 13.3. The summed E-state index contributed by atoms with van der Waals surface area (Å²) in [6.07, 6.45) is 1.30. The van der Waals surface area contributed by atoms with E-state index in [1.54, 1.807) is 19.1 Å². The molecule has 2 aliphatic rings. The number of carbonyl (C=O) groups excluding carboxylic acids is 2. The first-order chi connectivity index (χ1) is 16.5. The number of benzene rings is 2. The summed E-state index contributed by atoms with van der Waals surface area (Å²) in [5.74, 6) is 1.52. The van der Waals surface area contributed by atoms with E-state index in [0.29, 0.717) is 47.0 Å². The standard InChI is InChI=1S/C24H23N5O4S/c1-3-12-28-22(20-14-32-18-10-6-7-11-19(18)33-20)26-27-24(28)34-15(2)23(31)29-13-21(30)25-16-8-4-5-9-17(16)29/h3-11,15,20H,1,12-14H2,2H3,(H,25,30). The zero-order chi connectivity index (χ0) is 23.7. The van der Waals surface area contributed by atoms with Crippen LogP contribution >= 0.6 is 11.8 Å². The van der Waals surface area contributed by atoms with E-state index in [1.807, 2.05) is 47.0 Å². The molecule has 2 unspecified atom stereocenters. The molecule has 0 bridgehead atoms. The van der Waals surface area contributed by atoms with Crippen LogP contribution in [0.25, 0.3) is 0 Å². The van der Waals surface area contributed by atoms with Crippen molar-refractivity contribution in [2.24, 2.45) is 0 Å². The van der Waals surface area contributed by atoms with Crippen LogP contribution in [-0.4, -0.2) is 45.0 Å². The Bertz CT molecular complexity index is 1260. The fourth-order valence-corrected chi connectivity index (χ4v) is 4.86. The first-order valence-corrected chi connectivity index (χ1v) is 11.7. The Balaban J connectivity index is 1.37. The molecule has 2 atom stereocenters. The van der Waals surface area contributed by atoms with E-state index in [2.05, 4.69) is 22.1 Å². The van der Waals surface area contributed by atoms with Gasteiger partial charge in [-0.05, 0) is 31.2 Å². The number of allylic oxidation sites excluding steroid dienone is 1. The van der Waals surface area contributed by atoms with Gasteiger partial charge in [-0.15, -0.1) is 16.8 Å². The molecule has 1 aromatic heterocycles. The number of amides is 2. The van der Waals surface area contributed by atoms with Gasteiger partial charge in [0.05, 0.1) is 16.6 Å². The van der Waals surface area contributed by atoms with Crippen LogP contribution in [0.2, 0.25) is 0 Å². The Morgan fingerprint density at radius 1 is 1.24 bits per heavy atom. The number of carbonyl (C=O) groups is 2. The van der Waals surface area contributed by atoms with Crippen molar-refractivity contribution in [1.29, 1.82) is 0 Å². The molecule has 0 saturated carbocycles. The van der Waals surface area contributed by atoms with E-state index >= 15 is 0 Å². The van der Waals surface area contributed by atoms with Gasteiger partial charge in [-0.25, -0.2) is 0 Å². The maximum Gasteiger partial charge on any atom is 0.244 e. The molecule has 0 aliphatic carbocycles. The van der Waals surface area contributed by atoms with Gasteiger partial charge in [-0.2, -0.15) is 0 Å². The predicted molar refractivity (Wildman–Crippen MR) is 128 cm³/mol. The van der Waals surface area contributed by atoms with Crippen LogP contribution in [0.1, 0.15) is 18.9 Å². The Hall–Kier alpha value is -3.79. The molecular formula is C24H23N5O4S. The monoisotopic (exact) mass is 477 g/mol. The first kappa shape index (κ1) is 22.0. The number of hydrogen-bond donors (Lipinski definition) is 1. The highest BCUT2D eigenvalue weighted by molar-refractivity contribution is 8.00. The molecule has 1 N–H and O–H groups in total. The number of anilines is 2. The number of fused-ring (bicyclic) bond motifs is 2. The van der Waals surface area contributed by atoms with Gasteiger partial charge in [0, 0.05) is 6.54 Å². The average molecular weight is 478 g/mol. The van der Waals surface area contributed by atoms with Crippen LogP contribution in [-0.2, 0) is 16.1 Å². The lowest BCUT2D eigenvalue weighted by Gasteiger charge is -2.30. The average Bonchev–Trinajstić information content (AvgIpc) is 3.24. The summed E-state index contributed by atoms with van der Waals surface area (Å²) in [5.41, 5.74) is 1.30. The Morgan fingerprint density at radius 3 is 2.82 bits per heavy atom. The Labute approximate surface area is 200 Å². The largest absolute Gasteiger partial charge is 0.485 e. The van der Waals surface area contributed by atoms with E-state index in [4.69, 9.17) is 9.47 Å². The van der Waals surface area contributed by atoms with Crippen LogP contribution in [0, 0.1) is 0 Å². The molecule has 2 aliphatic heterocycles. The second-order valence-corrected chi connectivity index (χ2v) is 9.16. The third-order valence-corrected chi connectivity index (χ3v) is 6.59. The second-order valence-electron chi connectivity index (χ2n) is 7.85. The lowest BCUT2D eigenvalue weighted by Crippen LogP contribution is -2.45. The summed E-state index contributed by atoms with van der Waals surface area (Å²) in [5, 5.41) is 11.5. The number of ether oxygens (including phenoxy) is 2. The van der Waals surface area contributed by atoms with Crippen molar-refractivity contribution in [2.45, 2.75) is 30.0 Å². The molecule has 5 rings (SSSR count). The quantitative estimate of drug-likeness (QED) is 0.429. The fraction of sp³-hybridized carbons (Fsp3) is 0.250. The molecule has 0 spiro atoms. The van der Waals surface area contributed by atoms with E-state index in [-0.39, 0.29) is 18.4 Å². The molecule has 3 heterocycles. The van der Waals surface area contributed by atoms with Gasteiger partial charge in [-0.1, -0.05) is 42.1 Å². The molecule has 2 amide bonds. The van der Waals surface area contributed by atoms with E-state index < -0.39 is 11.4 Å². The summed E-state index contributed by atoms with van der Waals surface area (Å²) in [7, 11) is 0. The van der Waals surface area contributed by atoms with Gasteiger partial charge in [0.2, 0.25) is 11.8 Å². The minimum Gasteiger partial charge on any atom is -0.485 e. The van der Waals surface area contributed by atoms with Crippen molar-refractivity contribution in [3.8, 4) is 11.5 Å². The van der Waals surface area contributed by atoms with Crippen LogP contribution in [0.4, 0.5) is 11.4 Å². The van der Waals surface area contributed by atoms with Crippen molar-refractivity contribution < 1.29 is 19.1 Å². The third-order valence-electron chi connectivity index (χ3n) is 5.52. The molecule has 0 radical (unpaired) electrons. The number of aromatic nitrogens is 3. The minimum atomic E-state index is -0.510. The van der Waals surface area contributed by atoms with E-state index in [9.17, 15) is 9.59 Å². The van der Waals surface area contributed by atoms with Crippen LogP contribution in [0.3, 0.4) is 0 Å². The summed E-state index contributed by atoms with van der Waals surface area (Å²) < 4.78 is 13.8. The summed E-state index contributed by atoms with van der Waals surface area (Å²) in [6, 6.07) is 14.7. The van der Waals surface area contributed by atoms with E-state index in [1.165, 1.54) is 16.7 Å². The molecule has 34 heavy (non-hydrogen) atoms. The summed E-state index contributed by atoms with van der Waals surface area (Å²) in [6.45, 7) is 6.35. The molecule has 0 fully saturated rings. The number of rotatable bonds is 6. The third kappa shape index (κ3) is 4.12. The van der Waals surface area contributed by atoms with Crippen molar-refractivity contribution in [2.75, 3.05) is 23.4 Å². The first-order valence-electron chi connectivity index (χ1n) is 10.8. The van der Waals surface area contributed by atoms with Gasteiger partial charge in [0.25, 0.3) is 0 Å². The molecule has 10 heteroatoms. The Kier molecular flexibility index (Phi) is 5.97. The predicted octanol–water partition coefficient (Wildman–Crippen LogP) is 3.44. The van der Waals surface area contributed by atoms with E-state index in [0.717, 1.165) is 0 Å². The highest BCUT2D eigenvalue weighted by Crippen LogP contribution is 2.37. The molecule has 9 nitrogen and oxygen atoms in total. The van der Waals surface area contributed by atoms with Gasteiger partial charge in [0.1, 0.15) is 13.2 Å². The second kappa shape index (κ2) is 9.22. The Morgan fingerprint density at radius 2 is 2.00 bits per heavy atom. The van der Waals surface area contributed by atoms with Crippen molar-refractivity contribution in [3.05, 3.63) is 67.0 Å². The van der Waals surface area contributed by atoms with Crippen LogP contribution in [0.5, 0.6) is 11.5 Å². The van der Waals surface area contributed by atoms with Crippen LogP contribution in [0.15, 0.2) is 66.3 Å². The SMILES string of the molecule is C=CCn1c(SC(C)C(=O)N2CC(=O)Nc3ccccc32)nnc1C1COc2ccccc2O1. The molecule has 2 aromatic carbocycles. The minimum absolute atomic E-state index is 0.0298. The van der Waals surface area contributed by atoms with Crippen molar-refractivity contribution >= 4 is 35.0 Å². The molecule has 3 aromatic rings. The zero-order valence-electron chi connectivity index (χ0n) is 18.5. The number of nitrogens with one attached hydrogen (secondary N) is 1. The smallest absolute Gasteiger partial charge is 0.244 e. The molecule has 0 saturated heterocycles. The topological polar surface area (TPSA) is 98.6 Å². The fourth-order valence-electron chi connectivity index (χ4n) is 3.93. The van der Waals surface area contributed by atoms with Crippen molar-refractivity contribution in [1.82, 2.24) is 14.8 Å². The van der Waals surface area contributed by atoms with Gasteiger partial charge in [-0.3, -0.25) is 19.1 Å². The highest BCUT2D eigenvalue weighted by Gasteiger charge is 2.33. The van der Waals surface area contributed by atoms with Gasteiger partial charge in [0.15, 0.2) is 28.6 Å². The highest BCUT2D eigenvalue weighted by atomic mass is 32.2. The van der Waals surface area contributed by atoms with Gasteiger partial charge < -0.3 is 14.8 Å². The molecular weight excluding hydrogens is 454 g/mol. The number of para-hydroxylation sites is 4. The van der Waals surface area contributed by atoms with Gasteiger partial charge >= 0.3 is 0 Å². The lowest BCUT2D eigenvalue weighted by molar-refractivity contribution is -0.121. The summed E-state index contributed by atoms with van der Waals surface area (Å²) >= 11 is 1.28. The summed E-state index contributed by atoms with van der Waals surface area (Å²) in [4.78, 5) is 27.0. The number of hydrogen-bond acceptors (Lipinski definition) is 7. The number of thioether (sulfide) groups is 1. The lowest BCUT2D eigenvalue weighted by atomic mass is 10.2. The van der Waals surface area contributed by atoms with Crippen LogP contribution < -0.4 is 19.7 Å². The number of nitrogens with zero attached hydrogens (tertiary/aromatic N) is 4. The maximum atomic E-state index is 13.3. The van der Waals surface area contributed by atoms with Crippen molar-refractivity contribution in [3.63, 3.8) is 0 Å². The molecule has 174 valence electrons.